The fourth-order valence-electron chi connectivity index (χ4n) is 9.90. The van der Waals surface area contributed by atoms with Crippen LogP contribution in [0.2, 0.25) is 0 Å². The van der Waals surface area contributed by atoms with E-state index in [0.717, 1.165) is 25.6 Å². The van der Waals surface area contributed by atoms with E-state index in [0.29, 0.717) is 114 Å². The second-order valence-corrected chi connectivity index (χ2v) is 34.5. The van der Waals surface area contributed by atoms with Crippen LogP contribution in [-0.4, -0.2) is 66.5 Å². The van der Waals surface area contributed by atoms with Crippen molar-refractivity contribution in [2.45, 2.75) is 63.2 Å². The highest BCUT2D eigenvalue weighted by Gasteiger charge is 2.33. The Kier molecular flexibility index (Phi) is 25.5. The molecule has 0 aliphatic heterocycles. The van der Waals surface area contributed by atoms with Gasteiger partial charge in [0, 0.05) is 27.1 Å². The second-order valence-electron chi connectivity index (χ2n) is 20.4. The molecule has 488 valence electrons. The molecule has 6 aromatic carbocycles. The number of Topliss-reactive ketones (excluding diaryl/α,β-unsaturated/α-hetero) is 3. The van der Waals surface area contributed by atoms with Crippen molar-refractivity contribution in [1.29, 1.82) is 0 Å². The summed E-state index contributed by atoms with van der Waals surface area (Å²) in [4.78, 5) is 36.5. The Labute approximate surface area is 639 Å². The van der Waals surface area contributed by atoms with Crippen LogP contribution >= 0.6 is 191 Å². The van der Waals surface area contributed by atoms with Crippen LogP contribution in [0.3, 0.4) is 0 Å². The number of phenols is 2. The van der Waals surface area contributed by atoms with Crippen molar-refractivity contribution in [1.82, 2.24) is 0 Å². The van der Waals surface area contributed by atoms with Gasteiger partial charge in [-0.3, -0.25) is 28.0 Å². The van der Waals surface area contributed by atoms with E-state index in [1.54, 1.807) is 107 Å². The van der Waals surface area contributed by atoms with Gasteiger partial charge in [-0.15, -0.1) is 0 Å². The van der Waals surface area contributed by atoms with Crippen LogP contribution in [0, 0.1) is 27.7 Å². The lowest BCUT2D eigenvalue weighted by atomic mass is 9.85. The van der Waals surface area contributed by atoms with Gasteiger partial charge in [0.1, 0.15) is 26.2 Å². The molecule has 29 heteroatoms. The fourth-order valence-corrected chi connectivity index (χ4v) is 18.7. The second kappa shape index (κ2) is 30.7. The number of hydrogen-bond acceptors (Lipinski definition) is 11. The summed E-state index contributed by atoms with van der Waals surface area (Å²) in [6, 6.07) is 23.6. The number of carbonyl (C=O) groups excluding carboxylic acids is 3. The lowest BCUT2D eigenvalue weighted by Gasteiger charge is -2.23. The Hall–Kier alpha value is -2.92. The van der Waals surface area contributed by atoms with Gasteiger partial charge in [0.05, 0.1) is 44.8 Å². The molecule has 9 rings (SSSR count). The van der Waals surface area contributed by atoms with Crippen molar-refractivity contribution < 1.29 is 64.9 Å². The molecule has 0 aromatic heterocycles. The molecule has 0 atom stereocenters. The number of rotatable bonds is 9. The molecule has 0 bridgehead atoms. The minimum Gasteiger partial charge on any atom is -0.506 e. The summed E-state index contributed by atoms with van der Waals surface area (Å²) in [5.74, 6) is -0.691. The molecule has 0 spiro atoms. The van der Waals surface area contributed by atoms with Gasteiger partial charge >= 0.3 is 0 Å². The van der Waals surface area contributed by atoms with Crippen molar-refractivity contribution >= 4 is 256 Å². The van der Waals surface area contributed by atoms with Crippen LogP contribution < -0.4 is 0 Å². The molecular weight excluding hydrogens is 2050 g/mol. The molecule has 3 aliphatic carbocycles. The molecule has 93 heavy (non-hydrogen) atoms. The van der Waals surface area contributed by atoms with Gasteiger partial charge in [0.2, 0.25) is 17.3 Å². The number of hydrogen-bond donors (Lipinski definition) is 5. The third-order valence-electron chi connectivity index (χ3n) is 14.7. The highest BCUT2D eigenvalue weighted by molar-refractivity contribution is 9.14. The topological polar surface area (TPSA) is 255 Å². The molecular formula is C64H46Br12O14S3. The minimum absolute atomic E-state index is 0. The molecule has 0 saturated carbocycles. The molecule has 0 fully saturated rings. The maximum atomic E-state index is 12.4. The maximum Gasteiger partial charge on any atom is 0.295 e. The quantitative estimate of drug-likeness (QED) is 0.0844. The molecule has 0 saturated heterocycles. The van der Waals surface area contributed by atoms with Gasteiger partial charge in [-0.2, -0.15) is 25.3 Å². The van der Waals surface area contributed by atoms with Crippen molar-refractivity contribution in [3.05, 3.63) is 252 Å². The van der Waals surface area contributed by atoms with Crippen LogP contribution in [0.1, 0.15) is 77.8 Å². The van der Waals surface area contributed by atoms with Crippen LogP contribution in [0.25, 0.3) is 16.7 Å². The van der Waals surface area contributed by atoms with Gasteiger partial charge in [-0.25, -0.2) is 0 Å². The highest BCUT2D eigenvalue weighted by atomic mass is 79.9. The Balaban J connectivity index is 0.000000222. The highest BCUT2D eigenvalue weighted by Crippen LogP contribution is 2.49. The van der Waals surface area contributed by atoms with Crippen molar-refractivity contribution in [2.24, 2.45) is 0 Å². The Bertz CT molecular complexity index is 4510. The summed E-state index contributed by atoms with van der Waals surface area (Å²) in [6.07, 6.45) is 4.92. The number of phenolic OH excluding ortho intramolecular Hbond substituents is 2. The smallest absolute Gasteiger partial charge is 0.295 e. The van der Waals surface area contributed by atoms with Crippen LogP contribution in [0.4, 0.5) is 0 Å². The summed E-state index contributed by atoms with van der Waals surface area (Å²) in [7, 11) is -13.6. The summed E-state index contributed by atoms with van der Waals surface area (Å²) in [6.45, 7) is 12.7. The monoisotopic (exact) mass is 2080 g/mol. The average Bonchev–Trinajstić information content (AvgIpc) is 0.765. The van der Waals surface area contributed by atoms with Crippen molar-refractivity contribution in [3.63, 3.8) is 0 Å². The molecule has 6 aromatic rings. The number of ketones is 3. The molecule has 0 heterocycles. The van der Waals surface area contributed by atoms with E-state index in [4.69, 9.17) is 0 Å². The van der Waals surface area contributed by atoms with Crippen molar-refractivity contribution in [2.75, 3.05) is 0 Å². The zero-order valence-electron chi connectivity index (χ0n) is 48.6. The summed E-state index contributed by atoms with van der Waals surface area (Å²) in [5, 5.41) is 20.6. The zero-order valence-corrected chi connectivity index (χ0v) is 70.0. The first kappa shape index (κ1) is 77.4. The maximum absolute atomic E-state index is 12.4. The number of halogens is 12. The molecule has 0 radical (unpaired) electrons. The van der Waals surface area contributed by atoms with Crippen LogP contribution in [0.5, 0.6) is 11.5 Å². The third-order valence-corrected chi connectivity index (χ3v) is 27.3. The predicted octanol–water partition coefficient (Wildman–Crippen LogP) is 21.3. The van der Waals surface area contributed by atoms with Crippen LogP contribution in [-0.2, 0) is 44.7 Å². The normalized spacial score (nSPS) is 16.5. The number of carbonyl (C=O) groups is 3. The van der Waals surface area contributed by atoms with Crippen molar-refractivity contribution in [3.8, 4) is 11.5 Å². The Morgan fingerprint density at radius 3 is 0.839 bits per heavy atom. The standard InChI is InChI=1S/C22H16Br4O4S.2C21H14Br4O5S.H2/c1-10-14(8-16(23)12(3)20(10)25)19(13-6-4-5-7-18(13)31(28,29)30)15-9-17(24)22(27)21(26)11(15)2;2*1-9-12(7-14(22)20(26)18(9)24)17(11-5-3-4-6-16(11)31(28,29)30)13-8-15(23)21(27)19(25)10(13)2;/h4-9H,1-3H3,(H,28,29,30);2*3-8,26H,1-2H3,(H,28,29,30);1H/b19-15+;17-13+;17-13-;. The first-order valence-corrected chi connectivity index (χ1v) is 40.0. The lowest BCUT2D eigenvalue weighted by Crippen LogP contribution is -2.11. The van der Waals surface area contributed by atoms with Gasteiger partial charge in [-0.1, -0.05) is 86.5 Å². The summed E-state index contributed by atoms with van der Waals surface area (Å²) < 4.78 is 108. The predicted molar refractivity (Wildman–Crippen MR) is 408 cm³/mol. The van der Waals surface area contributed by atoms with E-state index in [1.807, 2.05) is 19.9 Å². The summed E-state index contributed by atoms with van der Waals surface area (Å²) in [5.41, 5.74) is 11.1. The first-order chi connectivity index (χ1) is 43.1. The van der Waals surface area contributed by atoms with E-state index >= 15 is 0 Å². The van der Waals surface area contributed by atoms with Gasteiger partial charge < -0.3 is 10.2 Å². The average molecular weight is 2090 g/mol. The minimum atomic E-state index is -4.56. The SMILES string of the molecule is CC1=C(Br)C(=O)C(Br)=C/C1=C(/c1ccccc1S(=O)(=O)O)c1cc(Br)c(C)c(Br)c1C.CC1=C(Br)C(=O)C(Br)=C/C1=C(/c1ccccc1S(=O)(=O)O)c1cc(Br)c(O)c(Br)c1C.CC1=C(Br)C(=O)C(Br)=C/C1=C(\c1ccccc1S(=O)(=O)O)c1cc(Br)c(O)c(Br)c1C.[HH]. The largest absolute Gasteiger partial charge is 0.506 e. The number of benzene rings is 6. The zero-order chi connectivity index (χ0) is 69.7. The molecule has 14 nitrogen and oxygen atoms in total. The Morgan fingerprint density at radius 1 is 0.344 bits per heavy atom. The fraction of sp³-hybridized carbons (Fsp3) is 0.109. The van der Waals surface area contributed by atoms with E-state index in [2.05, 4.69) is 191 Å². The molecule has 5 N–H and O–H groups in total. The van der Waals surface area contributed by atoms with Gasteiger partial charge in [0.25, 0.3) is 30.4 Å². The van der Waals surface area contributed by atoms with E-state index in [-0.39, 0.29) is 65.1 Å². The van der Waals surface area contributed by atoms with Crippen LogP contribution in [0.15, 0.2) is 211 Å². The number of allylic oxidation sites excluding steroid dienone is 15. The molecule has 0 amide bonds. The first-order valence-electron chi connectivity index (χ1n) is 26.2. The Morgan fingerprint density at radius 2 is 0.581 bits per heavy atom. The molecule has 3 aliphatic rings. The third kappa shape index (κ3) is 16.2. The van der Waals surface area contributed by atoms with E-state index < -0.39 is 30.4 Å². The lowest BCUT2D eigenvalue weighted by molar-refractivity contribution is -0.111. The number of aromatic hydroxyl groups is 2. The van der Waals surface area contributed by atoms with E-state index in [9.17, 15) is 63.5 Å². The van der Waals surface area contributed by atoms with Gasteiger partial charge in [0.15, 0.2) is 0 Å². The summed E-state index contributed by atoms with van der Waals surface area (Å²) >= 11 is 40.5. The van der Waals surface area contributed by atoms with Gasteiger partial charge in [-0.05, 0) is 351 Å². The molecule has 0 unspecified atom stereocenters. The van der Waals surface area contributed by atoms with E-state index in [1.165, 1.54) is 30.3 Å².